The van der Waals surface area contributed by atoms with E-state index in [9.17, 15) is 4.79 Å². The van der Waals surface area contributed by atoms with Crippen LogP contribution in [0.5, 0.6) is 0 Å². The van der Waals surface area contributed by atoms with Gasteiger partial charge in [-0.25, -0.2) is 9.97 Å². The fraction of sp³-hybridized carbons (Fsp3) is 0.105. The van der Waals surface area contributed by atoms with Crippen molar-refractivity contribution in [3.8, 4) is 10.6 Å². The third-order valence-corrected chi connectivity index (χ3v) is 4.87. The number of rotatable bonds is 4. The molecule has 1 N–H and O–H groups in total. The molecule has 1 amide bonds. The maximum Gasteiger partial charge on any atom is 0.251 e. The van der Waals surface area contributed by atoms with E-state index in [2.05, 4.69) is 34.3 Å². The van der Waals surface area contributed by atoms with E-state index in [4.69, 9.17) is 4.42 Å². The van der Waals surface area contributed by atoms with Crippen molar-refractivity contribution in [2.24, 2.45) is 0 Å². The van der Waals surface area contributed by atoms with E-state index in [0.29, 0.717) is 23.2 Å². The first kappa shape index (κ1) is 15.5. The first-order valence-corrected chi connectivity index (χ1v) is 8.70. The minimum absolute atomic E-state index is 0.157. The monoisotopic (exact) mass is 349 g/mol. The average Bonchev–Trinajstić information content (AvgIpc) is 3.28. The second-order valence-electron chi connectivity index (χ2n) is 5.68. The Morgan fingerprint density at radius 2 is 2.12 bits per heavy atom. The SMILES string of the molecule is Cc1ccccc1-c1nc(CNC(=O)c2ccc3ocnc3c2)cs1. The zero-order valence-corrected chi connectivity index (χ0v) is 14.3. The number of amides is 1. The van der Waals surface area contributed by atoms with Crippen molar-refractivity contribution in [2.75, 3.05) is 0 Å². The van der Waals surface area contributed by atoms with Crippen LogP contribution in [0, 0.1) is 6.92 Å². The molecule has 2 heterocycles. The number of oxazole rings is 1. The molecule has 5 nitrogen and oxygen atoms in total. The van der Waals surface area contributed by atoms with Gasteiger partial charge in [0.05, 0.1) is 12.2 Å². The molecule has 6 heteroatoms. The van der Waals surface area contributed by atoms with E-state index in [1.54, 1.807) is 29.5 Å². The number of nitrogens with one attached hydrogen (secondary N) is 1. The highest BCUT2D eigenvalue weighted by Gasteiger charge is 2.10. The first-order chi connectivity index (χ1) is 12.2. The molecule has 0 fully saturated rings. The summed E-state index contributed by atoms with van der Waals surface area (Å²) in [6.45, 7) is 2.45. The zero-order chi connectivity index (χ0) is 17.2. The van der Waals surface area contributed by atoms with Crippen LogP contribution in [-0.4, -0.2) is 15.9 Å². The van der Waals surface area contributed by atoms with Gasteiger partial charge in [0.1, 0.15) is 10.5 Å². The van der Waals surface area contributed by atoms with Crippen LogP contribution in [0.2, 0.25) is 0 Å². The summed E-state index contributed by atoms with van der Waals surface area (Å²) < 4.78 is 5.18. The maximum atomic E-state index is 12.3. The molecule has 2 aromatic heterocycles. The lowest BCUT2D eigenvalue weighted by Gasteiger charge is -2.03. The lowest BCUT2D eigenvalue weighted by atomic mass is 10.1. The second kappa shape index (κ2) is 6.49. The number of carbonyl (C=O) groups excluding carboxylic acids is 1. The Morgan fingerprint density at radius 1 is 1.24 bits per heavy atom. The molecule has 4 aromatic rings. The van der Waals surface area contributed by atoms with Gasteiger partial charge in [-0.2, -0.15) is 0 Å². The van der Waals surface area contributed by atoms with E-state index in [-0.39, 0.29) is 5.91 Å². The quantitative estimate of drug-likeness (QED) is 0.600. The van der Waals surface area contributed by atoms with Crippen LogP contribution in [0.3, 0.4) is 0 Å². The third kappa shape index (κ3) is 3.16. The molecule has 25 heavy (non-hydrogen) atoms. The van der Waals surface area contributed by atoms with Gasteiger partial charge in [-0.05, 0) is 30.7 Å². The topological polar surface area (TPSA) is 68.0 Å². The Morgan fingerprint density at radius 3 is 3.00 bits per heavy atom. The number of carbonyl (C=O) groups is 1. The van der Waals surface area contributed by atoms with E-state index in [1.165, 1.54) is 12.0 Å². The van der Waals surface area contributed by atoms with Gasteiger partial charge >= 0.3 is 0 Å². The maximum absolute atomic E-state index is 12.3. The summed E-state index contributed by atoms with van der Waals surface area (Å²) in [6.07, 6.45) is 1.37. The van der Waals surface area contributed by atoms with Crippen LogP contribution in [0.15, 0.2) is 58.7 Å². The standard InChI is InChI=1S/C19H15N3O2S/c1-12-4-2-3-5-15(12)19-22-14(10-25-19)9-20-18(23)13-6-7-17-16(8-13)21-11-24-17/h2-8,10-11H,9H2,1H3,(H,20,23). The van der Waals surface area contributed by atoms with Crippen LogP contribution in [0.25, 0.3) is 21.7 Å². The van der Waals surface area contributed by atoms with Gasteiger partial charge in [0.2, 0.25) is 0 Å². The molecule has 0 saturated carbocycles. The number of thiazole rings is 1. The summed E-state index contributed by atoms with van der Waals surface area (Å²) in [5, 5.41) is 5.84. The van der Waals surface area contributed by atoms with Crippen LogP contribution in [0.1, 0.15) is 21.6 Å². The van der Waals surface area contributed by atoms with E-state index < -0.39 is 0 Å². The molecule has 0 atom stereocenters. The average molecular weight is 349 g/mol. The lowest BCUT2D eigenvalue weighted by molar-refractivity contribution is 0.0950. The van der Waals surface area contributed by atoms with Gasteiger partial charge in [-0.15, -0.1) is 11.3 Å². The number of nitrogens with zero attached hydrogens (tertiary/aromatic N) is 2. The molecule has 0 saturated heterocycles. The van der Waals surface area contributed by atoms with Gasteiger partial charge in [-0.3, -0.25) is 4.79 Å². The number of aromatic nitrogens is 2. The van der Waals surface area contributed by atoms with Crippen molar-refractivity contribution >= 4 is 28.3 Å². The Bertz CT molecular complexity index is 1050. The van der Waals surface area contributed by atoms with Gasteiger partial charge in [0.15, 0.2) is 12.0 Å². The van der Waals surface area contributed by atoms with Crippen molar-refractivity contribution in [2.45, 2.75) is 13.5 Å². The third-order valence-electron chi connectivity index (χ3n) is 3.95. The first-order valence-electron chi connectivity index (χ1n) is 7.82. The summed E-state index contributed by atoms with van der Waals surface area (Å²) in [7, 11) is 0. The molecule has 124 valence electrons. The summed E-state index contributed by atoms with van der Waals surface area (Å²) in [5.41, 5.74) is 5.05. The summed E-state index contributed by atoms with van der Waals surface area (Å²) in [6, 6.07) is 13.3. The normalized spacial score (nSPS) is 10.9. The van der Waals surface area contributed by atoms with E-state index in [1.807, 2.05) is 17.5 Å². The Kier molecular flexibility index (Phi) is 4.03. The Balaban J connectivity index is 1.46. The highest BCUT2D eigenvalue weighted by Crippen LogP contribution is 2.26. The number of hydrogen-bond acceptors (Lipinski definition) is 5. The van der Waals surface area contributed by atoms with E-state index in [0.717, 1.165) is 16.3 Å². The fourth-order valence-electron chi connectivity index (χ4n) is 2.60. The molecule has 0 aliphatic heterocycles. The Hall–Kier alpha value is -2.99. The van der Waals surface area contributed by atoms with Crippen molar-refractivity contribution in [1.29, 1.82) is 0 Å². The van der Waals surface area contributed by atoms with Gasteiger partial charge in [0.25, 0.3) is 5.91 Å². The molecule has 0 spiro atoms. The van der Waals surface area contributed by atoms with Crippen LogP contribution in [-0.2, 0) is 6.54 Å². The predicted molar refractivity (Wildman–Crippen MR) is 97.5 cm³/mol. The molecule has 0 aliphatic rings. The molecule has 2 aromatic carbocycles. The fourth-order valence-corrected chi connectivity index (χ4v) is 3.51. The molecule has 0 unspecified atom stereocenters. The largest absolute Gasteiger partial charge is 0.443 e. The predicted octanol–water partition coefficient (Wildman–Crippen LogP) is 4.19. The molecule has 0 radical (unpaired) electrons. The lowest BCUT2D eigenvalue weighted by Crippen LogP contribution is -2.22. The Labute approximate surface area is 148 Å². The smallest absolute Gasteiger partial charge is 0.251 e. The zero-order valence-electron chi connectivity index (χ0n) is 13.5. The highest BCUT2D eigenvalue weighted by molar-refractivity contribution is 7.13. The molecule has 0 bridgehead atoms. The van der Waals surface area contributed by atoms with Gasteiger partial charge in [0, 0.05) is 16.5 Å². The second-order valence-corrected chi connectivity index (χ2v) is 6.53. The molecule has 4 rings (SSSR count). The van der Waals surface area contributed by atoms with Crippen LogP contribution >= 0.6 is 11.3 Å². The summed E-state index contributed by atoms with van der Waals surface area (Å²) in [4.78, 5) is 21.0. The summed E-state index contributed by atoms with van der Waals surface area (Å²) in [5.74, 6) is -0.157. The number of benzene rings is 2. The minimum atomic E-state index is -0.157. The van der Waals surface area contributed by atoms with Crippen LogP contribution in [0.4, 0.5) is 0 Å². The molecule has 0 aliphatic carbocycles. The van der Waals surface area contributed by atoms with Crippen molar-refractivity contribution in [3.05, 3.63) is 71.1 Å². The number of fused-ring (bicyclic) bond motifs is 1. The van der Waals surface area contributed by atoms with Gasteiger partial charge < -0.3 is 9.73 Å². The van der Waals surface area contributed by atoms with E-state index >= 15 is 0 Å². The van der Waals surface area contributed by atoms with Crippen molar-refractivity contribution in [3.63, 3.8) is 0 Å². The number of hydrogen-bond donors (Lipinski definition) is 1. The minimum Gasteiger partial charge on any atom is -0.443 e. The number of aryl methyl sites for hydroxylation is 1. The van der Waals surface area contributed by atoms with Crippen molar-refractivity contribution in [1.82, 2.24) is 15.3 Å². The molecular weight excluding hydrogens is 334 g/mol. The summed E-state index contributed by atoms with van der Waals surface area (Å²) >= 11 is 1.58. The van der Waals surface area contributed by atoms with Crippen molar-refractivity contribution < 1.29 is 9.21 Å². The van der Waals surface area contributed by atoms with Gasteiger partial charge in [-0.1, -0.05) is 24.3 Å². The highest BCUT2D eigenvalue weighted by atomic mass is 32.1. The van der Waals surface area contributed by atoms with Crippen LogP contribution < -0.4 is 5.32 Å². The molecular formula is C19H15N3O2S.